The third-order valence-corrected chi connectivity index (χ3v) is 11.7. The summed E-state index contributed by atoms with van der Waals surface area (Å²) in [6.07, 6.45) is 1.03. The molecule has 0 aromatic carbocycles. The fraction of sp³-hybridized carbons (Fsp3) is 1.00. The quantitative estimate of drug-likeness (QED) is 0.633. The molecule has 0 rings (SSSR count). The Labute approximate surface area is 115 Å². The number of nitrogens with zero attached hydrogens (tertiary/aromatic N) is 1. The normalized spacial score (nSPS) is 13.7. The van der Waals surface area contributed by atoms with Gasteiger partial charge in [-0.15, -0.1) is 0 Å². The molecular weight excluding hydrogens is 258 g/mol. The molecule has 0 radical (unpaired) electrons. The molecule has 0 heterocycles. The number of hydrogen-bond donors (Lipinski definition) is 2. The van der Waals surface area contributed by atoms with Crippen molar-refractivity contribution < 1.29 is 4.12 Å². The third kappa shape index (κ3) is 7.01. The highest BCUT2D eigenvalue weighted by atomic mass is 28.4. The fourth-order valence-electron chi connectivity index (χ4n) is 2.04. The highest BCUT2D eigenvalue weighted by Crippen LogP contribution is 2.25. The van der Waals surface area contributed by atoms with Gasteiger partial charge in [0.05, 0.1) is 0 Å². The Morgan fingerprint density at radius 3 is 1.78 bits per heavy atom. The van der Waals surface area contributed by atoms with Crippen LogP contribution in [0.25, 0.3) is 0 Å². The first kappa shape index (κ1) is 18.3. The predicted molar refractivity (Wildman–Crippen MR) is 85.7 cm³/mol. The first-order valence-electron chi connectivity index (χ1n) is 6.97. The van der Waals surface area contributed by atoms with Crippen LogP contribution in [-0.4, -0.2) is 53.9 Å². The van der Waals surface area contributed by atoms with Crippen LogP contribution in [0.4, 0.5) is 0 Å². The van der Waals surface area contributed by atoms with Crippen molar-refractivity contribution in [2.24, 2.45) is 11.5 Å². The highest BCUT2D eigenvalue weighted by molar-refractivity contribution is 6.85. The van der Waals surface area contributed by atoms with Gasteiger partial charge < -0.3 is 20.5 Å². The van der Waals surface area contributed by atoms with Gasteiger partial charge in [0.15, 0.2) is 16.6 Å². The fourth-order valence-corrected chi connectivity index (χ4v) is 10.3. The first-order chi connectivity index (χ1) is 8.14. The van der Waals surface area contributed by atoms with Crippen LogP contribution in [-0.2, 0) is 4.12 Å². The van der Waals surface area contributed by atoms with Crippen molar-refractivity contribution in [3.05, 3.63) is 0 Å². The summed E-state index contributed by atoms with van der Waals surface area (Å²) in [6, 6.07) is 0. The van der Waals surface area contributed by atoms with Crippen LogP contribution in [0.1, 0.15) is 13.8 Å². The van der Waals surface area contributed by atoms with E-state index in [1.165, 1.54) is 0 Å². The van der Waals surface area contributed by atoms with Crippen LogP contribution in [0.5, 0.6) is 0 Å². The smallest absolute Gasteiger partial charge is 0.187 e. The van der Waals surface area contributed by atoms with Crippen molar-refractivity contribution in [3.8, 4) is 0 Å². The van der Waals surface area contributed by atoms with Gasteiger partial charge in [0.25, 0.3) is 0 Å². The van der Waals surface area contributed by atoms with E-state index in [0.717, 1.165) is 19.3 Å². The van der Waals surface area contributed by atoms with E-state index < -0.39 is 16.6 Å². The van der Waals surface area contributed by atoms with E-state index in [0.29, 0.717) is 18.6 Å². The van der Waals surface area contributed by atoms with Gasteiger partial charge in [-0.2, -0.15) is 0 Å². The summed E-state index contributed by atoms with van der Waals surface area (Å²) >= 11 is 0. The van der Waals surface area contributed by atoms with Crippen LogP contribution in [0.2, 0.25) is 31.7 Å². The summed E-state index contributed by atoms with van der Waals surface area (Å²) in [4.78, 5) is 2.36. The molecule has 18 heavy (non-hydrogen) atoms. The molecule has 4 N–H and O–H groups in total. The molecule has 0 spiro atoms. The molecule has 0 aliphatic heterocycles. The first-order valence-corrected chi connectivity index (χ1v) is 13.1. The maximum absolute atomic E-state index is 6.56. The van der Waals surface area contributed by atoms with Crippen LogP contribution in [0, 0.1) is 0 Å². The third-order valence-electron chi connectivity index (χ3n) is 3.42. The summed E-state index contributed by atoms with van der Waals surface area (Å²) < 4.78 is 6.56. The molecule has 0 atom stereocenters. The largest absolute Gasteiger partial charge is 0.454 e. The van der Waals surface area contributed by atoms with E-state index in [1.54, 1.807) is 0 Å². The molecule has 0 aliphatic rings. The van der Waals surface area contributed by atoms with Gasteiger partial charge in [-0.3, -0.25) is 0 Å². The van der Waals surface area contributed by atoms with Crippen molar-refractivity contribution in [2.75, 3.05) is 32.3 Å². The van der Waals surface area contributed by atoms with Crippen molar-refractivity contribution in [1.82, 2.24) is 4.90 Å². The lowest BCUT2D eigenvalue weighted by molar-refractivity contribution is 0.314. The summed E-state index contributed by atoms with van der Waals surface area (Å²) in [5.41, 5.74) is 12.0. The van der Waals surface area contributed by atoms with Crippen LogP contribution in [0.15, 0.2) is 0 Å². The summed E-state index contributed by atoms with van der Waals surface area (Å²) in [7, 11) is -3.22. The Morgan fingerprint density at radius 2 is 1.44 bits per heavy atom. The Balaban J connectivity index is 4.51. The zero-order valence-corrected chi connectivity index (χ0v) is 15.1. The molecule has 4 nitrogen and oxygen atoms in total. The average molecular weight is 292 g/mol. The molecule has 0 aromatic heterocycles. The lowest BCUT2D eigenvalue weighted by Crippen LogP contribution is -2.54. The van der Waals surface area contributed by atoms with Gasteiger partial charge in [-0.05, 0) is 31.7 Å². The lowest BCUT2D eigenvalue weighted by atomic mass is 10.5. The minimum absolute atomic E-state index is 0.654. The molecule has 6 heteroatoms. The summed E-state index contributed by atoms with van der Waals surface area (Å²) in [6.45, 7) is 17.0. The maximum atomic E-state index is 6.56. The van der Waals surface area contributed by atoms with Gasteiger partial charge >= 0.3 is 0 Å². The lowest BCUT2D eigenvalue weighted by Gasteiger charge is -2.39. The number of hydrogen-bond acceptors (Lipinski definition) is 4. The Hall–Kier alpha value is 0.274. The van der Waals surface area contributed by atoms with E-state index in [9.17, 15) is 0 Å². The average Bonchev–Trinajstić information content (AvgIpc) is 2.15. The molecular formula is C12H33N3OSi2. The molecule has 0 fully saturated rings. The zero-order chi connectivity index (χ0) is 14.4. The van der Waals surface area contributed by atoms with Crippen molar-refractivity contribution >= 4 is 16.6 Å². The van der Waals surface area contributed by atoms with Crippen LogP contribution < -0.4 is 11.5 Å². The Bertz CT molecular complexity index is 229. The monoisotopic (exact) mass is 291 g/mol. The summed E-state index contributed by atoms with van der Waals surface area (Å²) in [5.74, 6) is 0. The number of rotatable bonds is 9. The van der Waals surface area contributed by atoms with E-state index in [4.69, 9.17) is 15.6 Å². The van der Waals surface area contributed by atoms with Gasteiger partial charge in [0, 0.05) is 32.3 Å². The molecule has 110 valence electrons. The standard InChI is InChI=1S/C12H33N3OSi2/c1-12(2)18(5,6)16-17(3,4)11-15(9-7-13)10-8-14/h12H,7-11,13-14H2,1-6H3. The minimum atomic E-state index is -1.66. The molecule has 0 aliphatic carbocycles. The second-order valence-electron chi connectivity index (χ2n) is 6.47. The van der Waals surface area contributed by atoms with Crippen molar-refractivity contribution in [1.29, 1.82) is 0 Å². The van der Waals surface area contributed by atoms with E-state index in [1.807, 2.05) is 0 Å². The van der Waals surface area contributed by atoms with Crippen LogP contribution in [0.3, 0.4) is 0 Å². The predicted octanol–water partition coefficient (Wildman–Crippen LogP) is 1.58. The summed E-state index contributed by atoms with van der Waals surface area (Å²) in [5, 5.41) is 0. The van der Waals surface area contributed by atoms with Gasteiger partial charge in [0.2, 0.25) is 0 Å². The molecule has 0 unspecified atom stereocenters. The van der Waals surface area contributed by atoms with E-state index in [-0.39, 0.29) is 0 Å². The molecule has 0 saturated carbocycles. The Kier molecular flexibility index (Phi) is 7.88. The maximum Gasteiger partial charge on any atom is 0.187 e. The zero-order valence-electron chi connectivity index (χ0n) is 13.1. The SMILES string of the molecule is CC(C)[Si](C)(C)O[Si](C)(C)CN(CCN)CCN. The minimum Gasteiger partial charge on any atom is -0.454 e. The van der Waals surface area contributed by atoms with Crippen molar-refractivity contribution in [3.63, 3.8) is 0 Å². The molecule has 0 bridgehead atoms. The Morgan fingerprint density at radius 1 is 1.00 bits per heavy atom. The molecule has 0 aromatic rings. The molecule has 0 amide bonds. The second kappa shape index (κ2) is 7.76. The topological polar surface area (TPSA) is 64.5 Å². The molecule has 0 saturated heterocycles. The van der Waals surface area contributed by atoms with Crippen molar-refractivity contribution in [2.45, 2.75) is 45.6 Å². The van der Waals surface area contributed by atoms with Gasteiger partial charge in [-0.1, -0.05) is 13.8 Å². The van der Waals surface area contributed by atoms with Crippen LogP contribution >= 0.6 is 0 Å². The van der Waals surface area contributed by atoms with Gasteiger partial charge in [0.1, 0.15) is 0 Å². The van der Waals surface area contributed by atoms with E-state index >= 15 is 0 Å². The second-order valence-corrected chi connectivity index (χ2v) is 15.5. The van der Waals surface area contributed by atoms with E-state index in [2.05, 4.69) is 44.9 Å². The highest BCUT2D eigenvalue weighted by Gasteiger charge is 2.36. The number of nitrogens with two attached hydrogens (primary N) is 2. The van der Waals surface area contributed by atoms with Gasteiger partial charge in [-0.25, -0.2) is 0 Å².